The fourth-order valence-electron chi connectivity index (χ4n) is 5.68. The van der Waals surface area contributed by atoms with Crippen molar-refractivity contribution in [3.63, 3.8) is 0 Å². The predicted molar refractivity (Wildman–Crippen MR) is 135 cm³/mol. The normalized spacial score (nSPS) is 27.6. The van der Waals surface area contributed by atoms with Gasteiger partial charge in [0.15, 0.2) is 0 Å². The van der Waals surface area contributed by atoms with Crippen molar-refractivity contribution in [2.75, 3.05) is 4.90 Å². The Bertz CT molecular complexity index is 1240. The van der Waals surface area contributed by atoms with E-state index in [9.17, 15) is 9.59 Å². The fourth-order valence-corrected chi connectivity index (χ4v) is 6.50. The van der Waals surface area contributed by atoms with Crippen LogP contribution in [0.15, 0.2) is 35.7 Å². The van der Waals surface area contributed by atoms with Gasteiger partial charge in [-0.3, -0.25) is 14.5 Å². The van der Waals surface area contributed by atoms with Gasteiger partial charge >= 0.3 is 0 Å². The van der Waals surface area contributed by atoms with Crippen LogP contribution in [0.3, 0.4) is 0 Å². The van der Waals surface area contributed by atoms with Crippen LogP contribution < -0.4 is 10.2 Å². The van der Waals surface area contributed by atoms with Gasteiger partial charge in [-0.15, -0.1) is 11.3 Å². The lowest BCUT2D eigenvalue weighted by Gasteiger charge is -2.46. The molecule has 4 atom stereocenters. The van der Waals surface area contributed by atoms with Gasteiger partial charge in [-0.2, -0.15) is 0 Å². The molecule has 2 aliphatic rings. The summed E-state index contributed by atoms with van der Waals surface area (Å²) >= 11 is 1.63. The minimum Gasteiger partial charge on any atom is -0.351 e. The minimum atomic E-state index is -1.03. The highest BCUT2D eigenvalue weighted by Gasteiger charge is 2.50. The molecule has 0 unspecified atom stereocenters. The zero-order valence-corrected chi connectivity index (χ0v) is 21.0. The molecule has 0 bridgehead atoms. The Morgan fingerprint density at radius 3 is 2.76 bits per heavy atom. The quantitative estimate of drug-likeness (QED) is 0.543. The number of anilines is 1. The zero-order valence-electron chi connectivity index (χ0n) is 20.1. The van der Waals surface area contributed by atoms with Crippen LogP contribution in [0.25, 0.3) is 10.2 Å². The summed E-state index contributed by atoms with van der Waals surface area (Å²) < 4.78 is 3.13. The second-order valence-electron chi connectivity index (χ2n) is 10.3. The van der Waals surface area contributed by atoms with Crippen molar-refractivity contribution < 1.29 is 9.59 Å². The van der Waals surface area contributed by atoms with E-state index < -0.39 is 5.54 Å². The number of aryl methyl sites for hydroxylation is 1. The van der Waals surface area contributed by atoms with Crippen LogP contribution in [-0.4, -0.2) is 28.0 Å². The third kappa shape index (κ3) is 3.41. The second-order valence-corrected chi connectivity index (χ2v) is 11.2. The van der Waals surface area contributed by atoms with E-state index in [1.807, 2.05) is 48.1 Å². The van der Waals surface area contributed by atoms with Gasteiger partial charge in [-0.25, -0.2) is 0 Å². The van der Waals surface area contributed by atoms with Gasteiger partial charge in [0.2, 0.25) is 5.91 Å². The van der Waals surface area contributed by atoms with Crippen molar-refractivity contribution in [3.8, 4) is 0 Å². The van der Waals surface area contributed by atoms with Crippen molar-refractivity contribution in [1.29, 1.82) is 0 Å². The van der Waals surface area contributed by atoms with E-state index >= 15 is 0 Å². The van der Waals surface area contributed by atoms with Gasteiger partial charge < -0.3 is 9.88 Å². The first-order chi connectivity index (χ1) is 15.7. The van der Waals surface area contributed by atoms with Gasteiger partial charge in [-0.1, -0.05) is 38.8 Å². The smallest absolute Gasteiger partial charge is 0.275 e. The SMILES string of the molecule is Cc1cccc(N2C(=O)c3cc4sccc4n3C[C@]2(C)C(=O)N[C@@H]2CCC[C@@H](C)[C@H]2C)c1C. The second kappa shape index (κ2) is 8.01. The van der Waals surface area contributed by atoms with E-state index in [1.54, 1.807) is 16.2 Å². The molecular weight excluding hydrogens is 430 g/mol. The van der Waals surface area contributed by atoms with E-state index in [2.05, 4.69) is 32.2 Å². The summed E-state index contributed by atoms with van der Waals surface area (Å²) in [5.74, 6) is 0.832. The Labute approximate surface area is 199 Å². The minimum absolute atomic E-state index is 0.0644. The molecule has 6 heteroatoms. The maximum atomic E-state index is 14.1. The van der Waals surface area contributed by atoms with Gasteiger partial charge in [0.25, 0.3) is 5.91 Å². The summed E-state index contributed by atoms with van der Waals surface area (Å²) in [6, 6.07) is 10.2. The lowest BCUT2D eigenvalue weighted by atomic mass is 9.77. The van der Waals surface area contributed by atoms with Crippen molar-refractivity contribution >= 4 is 39.1 Å². The third-order valence-corrected chi connectivity index (χ3v) is 9.09. The molecule has 1 aliphatic heterocycles. The number of hydrogen-bond donors (Lipinski definition) is 1. The predicted octanol–water partition coefficient (Wildman–Crippen LogP) is 5.68. The first-order valence-corrected chi connectivity index (χ1v) is 12.9. The number of carbonyl (C=O) groups is 2. The van der Waals surface area contributed by atoms with Crippen LogP contribution in [-0.2, 0) is 11.3 Å². The molecule has 3 aromatic rings. The molecule has 0 radical (unpaired) electrons. The number of carbonyl (C=O) groups excluding carboxylic acids is 2. The largest absolute Gasteiger partial charge is 0.351 e. The molecule has 2 aromatic heterocycles. The fraction of sp³-hybridized carbons (Fsp3) is 0.481. The molecule has 2 amide bonds. The number of amides is 2. The molecule has 1 aliphatic carbocycles. The van der Waals surface area contributed by atoms with Crippen molar-refractivity contribution in [3.05, 3.63) is 52.5 Å². The van der Waals surface area contributed by atoms with Crippen LogP contribution in [0.2, 0.25) is 0 Å². The van der Waals surface area contributed by atoms with Crippen molar-refractivity contribution in [1.82, 2.24) is 9.88 Å². The Morgan fingerprint density at radius 1 is 1.18 bits per heavy atom. The van der Waals surface area contributed by atoms with E-state index in [-0.39, 0.29) is 17.9 Å². The van der Waals surface area contributed by atoms with Crippen LogP contribution in [0.5, 0.6) is 0 Å². The molecule has 1 saturated carbocycles. The highest BCUT2D eigenvalue weighted by molar-refractivity contribution is 7.17. The molecule has 1 aromatic carbocycles. The summed E-state index contributed by atoms with van der Waals surface area (Å²) in [7, 11) is 0. The molecule has 5 rings (SSSR count). The number of benzene rings is 1. The van der Waals surface area contributed by atoms with Crippen LogP contribution in [0, 0.1) is 25.7 Å². The summed E-state index contributed by atoms with van der Waals surface area (Å²) in [4.78, 5) is 29.8. The van der Waals surface area contributed by atoms with E-state index in [0.29, 0.717) is 24.1 Å². The number of aromatic nitrogens is 1. The molecule has 1 fully saturated rings. The molecule has 33 heavy (non-hydrogen) atoms. The molecule has 1 N–H and O–H groups in total. The highest BCUT2D eigenvalue weighted by Crippen LogP contribution is 2.39. The van der Waals surface area contributed by atoms with Crippen molar-refractivity contribution in [2.24, 2.45) is 11.8 Å². The summed E-state index contributed by atoms with van der Waals surface area (Å²) in [6.07, 6.45) is 3.33. The van der Waals surface area contributed by atoms with E-state index in [1.165, 1.54) is 6.42 Å². The Balaban J connectivity index is 1.61. The lowest BCUT2D eigenvalue weighted by Crippen LogP contribution is -2.66. The van der Waals surface area contributed by atoms with Crippen LogP contribution in [0.4, 0.5) is 5.69 Å². The number of thiophene rings is 1. The first kappa shape index (κ1) is 22.2. The lowest BCUT2D eigenvalue weighted by molar-refractivity contribution is -0.128. The van der Waals surface area contributed by atoms with Gasteiger partial charge in [0, 0.05) is 11.7 Å². The topological polar surface area (TPSA) is 54.3 Å². The Hall–Kier alpha value is -2.60. The number of hydrogen-bond acceptors (Lipinski definition) is 3. The standard InChI is InChI=1S/C27H33N3O2S/c1-16-8-6-10-20(18(16)3)28-26(32)27(5)15-29-22-12-13-33-24(22)14-23(29)25(31)30(27)21-11-7-9-17(2)19(21)4/h7,9,11-14,16,18,20H,6,8,10,15H2,1-5H3,(H,28,32)/t16-,18-,20-,27-/m1/s1. The van der Waals surface area contributed by atoms with Gasteiger partial charge in [0.05, 0.1) is 16.8 Å². The monoisotopic (exact) mass is 463 g/mol. The maximum Gasteiger partial charge on any atom is 0.275 e. The summed E-state index contributed by atoms with van der Waals surface area (Å²) in [5.41, 5.74) is 3.62. The summed E-state index contributed by atoms with van der Waals surface area (Å²) in [5, 5.41) is 5.43. The first-order valence-electron chi connectivity index (χ1n) is 12.0. The third-order valence-electron chi connectivity index (χ3n) is 8.23. The maximum absolute atomic E-state index is 14.1. The zero-order chi connectivity index (χ0) is 23.5. The number of nitrogens with one attached hydrogen (secondary N) is 1. The average molecular weight is 464 g/mol. The van der Waals surface area contributed by atoms with E-state index in [0.717, 1.165) is 39.9 Å². The molecule has 174 valence electrons. The Kier molecular flexibility index (Phi) is 5.39. The van der Waals surface area contributed by atoms with Gasteiger partial charge in [0.1, 0.15) is 11.2 Å². The number of fused-ring (bicyclic) bond motifs is 3. The highest BCUT2D eigenvalue weighted by atomic mass is 32.1. The molecule has 0 saturated heterocycles. The molecular formula is C27H33N3O2S. The Morgan fingerprint density at radius 2 is 1.97 bits per heavy atom. The molecule has 3 heterocycles. The van der Waals surface area contributed by atoms with Crippen molar-refractivity contribution in [2.45, 2.75) is 72.0 Å². The van der Waals surface area contributed by atoms with Crippen LogP contribution in [0.1, 0.15) is 61.6 Å². The number of nitrogens with zero attached hydrogens (tertiary/aromatic N) is 2. The summed E-state index contributed by atoms with van der Waals surface area (Å²) in [6.45, 7) is 11.0. The molecule has 0 spiro atoms. The van der Waals surface area contributed by atoms with Gasteiger partial charge in [-0.05, 0) is 73.7 Å². The van der Waals surface area contributed by atoms with E-state index in [4.69, 9.17) is 0 Å². The average Bonchev–Trinajstić information content (AvgIpc) is 3.37. The molecule has 5 nitrogen and oxygen atoms in total. The number of rotatable bonds is 3. The van der Waals surface area contributed by atoms with Crippen LogP contribution >= 0.6 is 11.3 Å².